The summed E-state index contributed by atoms with van der Waals surface area (Å²) in [6.45, 7) is 3.81. The van der Waals surface area contributed by atoms with Crippen LogP contribution in [-0.2, 0) is 0 Å². The third kappa shape index (κ3) is 2.72. The molecule has 1 aliphatic heterocycles. The SMILES string of the molecule is Cc1ccc(N(C)CC2CNc3ccccc3O2)cc1. The molecule has 0 fully saturated rings. The number of fused-ring (bicyclic) bond motifs is 1. The molecule has 2 aromatic carbocycles. The van der Waals surface area contributed by atoms with Gasteiger partial charge in [0.15, 0.2) is 0 Å². The second-order valence-corrected chi connectivity index (χ2v) is 5.33. The number of hydrogen-bond donors (Lipinski definition) is 1. The first-order valence-corrected chi connectivity index (χ1v) is 7.00. The molecule has 0 amide bonds. The van der Waals surface area contributed by atoms with Crippen LogP contribution in [0.15, 0.2) is 48.5 Å². The van der Waals surface area contributed by atoms with E-state index >= 15 is 0 Å². The van der Waals surface area contributed by atoms with Gasteiger partial charge in [0.05, 0.1) is 18.8 Å². The van der Waals surface area contributed by atoms with Crippen LogP contribution in [0.5, 0.6) is 5.75 Å². The van der Waals surface area contributed by atoms with Crippen LogP contribution in [0.2, 0.25) is 0 Å². The van der Waals surface area contributed by atoms with Crippen molar-refractivity contribution in [2.45, 2.75) is 13.0 Å². The molecule has 1 heterocycles. The summed E-state index contributed by atoms with van der Waals surface area (Å²) >= 11 is 0. The Labute approximate surface area is 120 Å². The maximum absolute atomic E-state index is 6.04. The van der Waals surface area contributed by atoms with Crippen molar-refractivity contribution in [1.29, 1.82) is 0 Å². The van der Waals surface area contributed by atoms with Gasteiger partial charge < -0.3 is 15.0 Å². The minimum absolute atomic E-state index is 0.163. The molecule has 1 aliphatic rings. The van der Waals surface area contributed by atoms with Gasteiger partial charge in [-0.1, -0.05) is 29.8 Å². The van der Waals surface area contributed by atoms with Crippen LogP contribution in [0.1, 0.15) is 5.56 Å². The Hall–Kier alpha value is -2.16. The Kier molecular flexibility index (Phi) is 3.50. The Balaban J connectivity index is 1.66. The molecule has 0 spiro atoms. The second kappa shape index (κ2) is 5.45. The van der Waals surface area contributed by atoms with E-state index < -0.39 is 0 Å². The number of rotatable bonds is 3. The van der Waals surface area contributed by atoms with Crippen LogP contribution in [-0.4, -0.2) is 26.2 Å². The summed E-state index contributed by atoms with van der Waals surface area (Å²) in [6.07, 6.45) is 0.163. The number of likely N-dealkylation sites (N-methyl/N-ethyl adjacent to an activating group) is 1. The molecule has 0 aliphatic carbocycles. The van der Waals surface area contributed by atoms with Crippen LogP contribution < -0.4 is 15.0 Å². The molecule has 3 heteroatoms. The van der Waals surface area contributed by atoms with Crippen molar-refractivity contribution in [2.24, 2.45) is 0 Å². The minimum Gasteiger partial charge on any atom is -0.485 e. The van der Waals surface area contributed by atoms with Crippen molar-refractivity contribution >= 4 is 11.4 Å². The van der Waals surface area contributed by atoms with Gasteiger partial charge in [0.2, 0.25) is 0 Å². The van der Waals surface area contributed by atoms with E-state index in [1.165, 1.54) is 11.3 Å². The van der Waals surface area contributed by atoms with Gasteiger partial charge in [0, 0.05) is 12.7 Å². The van der Waals surface area contributed by atoms with Gasteiger partial charge in [-0.2, -0.15) is 0 Å². The van der Waals surface area contributed by atoms with Crippen molar-refractivity contribution in [1.82, 2.24) is 0 Å². The summed E-state index contributed by atoms with van der Waals surface area (Å²) < 4.78 is 6.04. The van der Waals surface area contributed by atoms with E-state index in [0.29, 0.717) is 0 Å². The zero-order chi connectivity index (χ0) is 13.9. The third-order valence-electron chi connectivity index (χ3n) is 3.65. The van der Waals surface area contributed by atoms with E-state index in [2.05, 4.69) is 54.5 Å². The van der Waals surface area contributed by atoms with Crippen molar-refractivity contribution in [3.05, 3.63) is 54.1 Å². The highest BCUT2D eigenvalue weighted by Gasteiger charge is 2.20. The first-order valence-electron chi connectivity index (χ1n) is 7.00. The van der Waals surface area contributed by atoms with Crippen LogP contribution in [0.25, 0.3) is 0 Å². The van der Waals surface area contributed by atoms with Gasteiger partial charge in [-0.3, -0.25) is 0 Å². The maximum Gasteiger partial charge on any atom is 0.143 e. The fraction of sp³-hybridized carbons (Fsp3) is 0.294. The summed E-state index contributed by atoms with van der Waals surface area (Å²) in [6, 6.07) is 16.7. The normalized spacial score (nSPS) is 16.8. The monoisotopic (exact) mass is 268 g/mol. The highest BCUT2D eigenvalue weighted by atomic mass is 16.5. The van der Waals surface area contributed by atoms with Gasteiger partial charge in [0.25, 0.3) is 0 Å². The lowest BCUT2D eigenvalue weighted by atomic mass is 10.2. The summed E-state index contributed by atoms with van der Waals surface area (Å²) in [5.74, 6) is 0.945. The number of aryl methyl sites for hydroxylation is 1. The average molecular weight is 268 g/mol. The molecule has 3 rings (SSSR count). The topological polar surface area (TPSA) is 24.5 Å². The van der Waals surface area contributed by atoms with E-state index in [1.54, 1.807) is 0 Å². The Morgan fingerprint density at radius 1 is 1.15 bits per heavy atom. The van der Waals surface area contributed by atoms with Crippen LogP contribution >= 0.6 is 0 Å². The van der Waals surface area contributed by atoms with E-state index in [0.717, 1.165) is 24.5 Å². The molecule has 0 saturated carbocycles. The molecule has 0 radical (unpaired) electrons. The first-order chi connectivity index (χ1) is 9.72. The standard InChI is InChI=1S/C17H20N2O/c1-13-7-9-14(10-8-13)19(2)12-15-11-18-16-5-3-4-6-17(16)20-15/h3-10,15,18H,11-12H2,1-2H3. The zero-order valence-electron chi connectivity index (χ0n) is 12.0. The number of anilines is 2. The Morgan fingerprint density at radius 2 is 1.90 bits per heavy atom. The zero-order valence-corrected chi connectivity index (χ0v) is 12.0. The molecule has 0 bridgehead atoms. The molecular weight excluding hydrogens is 248 g/mol. The third-order valence-corrected chi connectivity index (χ3v) is 3.65. The summed E-state index contributed by atoms with van der Waals surface area (Å²) in [5, 5.41) is 3.43. The molecule has 2 aromatic rings. The number of ether oxygens (including phenoxy) is 1. The molecule has 0 aromatic heterocycles. The minimum atomic E-state index is 0.163. The molecule has 1 atom stereocenters. The Bertz CT molecular complexity index is 580. The maximum atomic E-state index is 6.04. The predicted molar refractivity (Wildman–Crippen MR) is 83.8 cm³/mol. The fourth-order valence-corrected chi connectivity index (χ4v) is 2.47. The highest BCUT2D eigenvalue weighted by Crippen LogP contribution is 2.28. The first kappa shape index (κ1) is 12.9. The molecule has 104 valence electrons. The van der Waals surface area contributed by atoms with Gasteiger partial charge in [-0.05, 0) is 31.2 Å². The molecule has 1 unspecified atom stereocenters. The highest BCUT2D eigenvalue weighted by molar-refractivity contribution is 5.58. The van der Waals surface area contributed by atoms with Crippen LogP contribution in [0.4, 0.5) is 11.4 Å². The second-order valence-electron chi connectivity index (χ2n) is 5.33. The summed E-state index contributed by atoms with van der Waals surface area (Å²) in [5.41, 5.74) is 3.59. The lowest BCUT2D eigenvalue weighted by Crippen LogP contribution is -2.40. The van der Waals surface area contributed by atoms with Gasteiger partial charge in [-0.15, -0.1) is 0 Å². The average Bonchev–Trinajstić information content (AvgIpc) is 2.48. The van der Waals surface area contributed by atoms with Crippen LogP contribution in [0, 0.1) is 6.92 Å². The lowest BCUT2D eigenvalue weighted by Gasteiger charge is -2.31. The lowest BCUT2D eigenvalue weighted by molar-refractivity contribution is 0.212. The quantitative estimate of drug-likeness (QED) is 0.924. The van der Waals surface area contributed by atoms with Crippen molar-refractivity contribution < 1.29 is 4.74 Å². The number of benzene rings is 2. The van der Waals surface area contributed by atoms with Gasteiger partial charge >= 0.3 is 0 Å². The largest absolute Gasteiger partial charge is 0.485 e. The van der Waals surface area contributed by atoms with Crippen molar-refractivity contribution in [3.63, 3.8) is 0 Å². The fourth-order valence-electron chi connectivity index (χ4n) is 2.47. The number of nitrogens with zero attached hydrogens (tertiary/aromatic N) is 1. The summed E-state index contributed by atoms with van der Waals surface area (Å²) in [4.78, 5) is 2.24. The van der Waals surface area contributed by atoms with E-state index in [-0.39, 0.29) is 6.10 Å². The predicted octanol–water partition coefficient (Wildman–Crippen LogP) is 3.30. The number of para-hydroxylation sites is 2. The van der Waals surface area contributed by atoms with Crippen molar-refractivity contribution in [2.75, 3.05) is 30.4 Å². The molecule has 20 heavy (non-hydrogen) atoms. The summed E-state index contributed by atoms with van der Waals surface area (Å²) in [7, 11) is 2.11. The molecule has 0 saturated heterocycles. The van der Waals surface area contributed by atoms with Gasteiger partial charge in [-0.25, -0.2) is 0 Å². The van der Waals surface area contributed by atoms with E-state index in [4.69, 9.17) is 4.74 Å². The van der Waals surface area contributed by atoms with E-state index in [1.807, 2.05) is 18.2 Å². The molecule has 1 N–H and O–H groups in total. The van der Waals surface area contributed by atoms with Crippen LogP contribution in [0.3, 0.4) is 0 Å². The number of nitrogens with one attached hydrogen (secondary N) is 1. The number of hydrogen-bond acceptors (Lipinski definition) is 3. The van der Waals surface area contributed by atoms with E-state index in [9.17, 15) is 0 Å². The van der Waals surface area contributed by atoms with Gasteiger partial charge in [0.1, 0.15) is 11.9 Å². The molecular formula is C17H20N2O. The Morgan fingerprint density at radius 3 is 2.70 bits per heavy atom. The molecule has 3 nitrogen and oxygen atoms in total. The smallest absolute Gasteiger partial charge is 0.143 e. The van der Waals surface area contributed by atoms with Crippen molar-refractivity contribution in [3.8, 4) is 5.75 Å².